The fourth-order valence-corrected chi connectivity index (χ4v) is 5.07. The molecule has 34 heavy (non-hydrogen) atoms. The molecule has 1 N–H and O–H groups in total. The summed E-state index contributed by atoms with van der Waals surface area (Å²) in [6, 6.07) is 18.4. The van der Waals surface area contributed by atoms with E-state index in [1.54, 1.807) is 54.6 Å². The number of anilines is 1. The highest BCUT2D eigenvalue weighted by Crippen LogP contribution is 2.38. The summed E-state index contributed by atoms with van der Waals surface area (Å²) < 4.78 is 44.8. The summed E-state index contributed by atoms with van der Waals surface area (Å²) in [5, 5.41) is 2.78. The van der Waals surface area contributed by atoms with Crippen LogP contribution in [0.5, 0.6) is 17.2 Å². The molecule has 180 valence electrons. The molecular formula is C24H25IN2O6S. The Morgan fingerprint density at radius 1 is 0.912 bits per heavy atom. The molecule has 3 aromatic carbocycles. The lowest BCUT2D eigenvalue weighted by atomic mass is 10.1. The predicted octanol–water partition coefficient (Wildman–Crippen LogP) is 3.83. The minimum absolute atomic E-state index is 0.103. The van der Waals surface area contributed by atoms with Crippen LogP contribution in [0.15, 0.2) is 71.6 Å². The number of rotatable bonds is 10. The standard InChI is InChI=1S/C24H25IN2O6S/c1-31-21-13-17(14-22(32-2)24(21)33-3)15-26-23(28)16-27(19-11-9-18(25)10-12-19)34(29,30)20-7-5-4-6-8-20/h4-14H,15-16H2,1-3H3,(H,26,28). The first-order valence-electron chi connectivity index (χ1n) is 10.2. The van der Waals surface area contributed by atoms with E-state index in [-0.39, 0.29) is 18.0 Å². The highest BCUT2D eigenvalue weighted by atomic mass is 127. The SMILES string of the molecule is COc1cc(CNC(=O)CN(c2ccc(I)cc2)S(=O)(=O)c2ccccc2)cc(OC)c1OC. The number of benzene rings is 3. The molecule has 8 nitrogen and oxygen atoms in total. The van der Waals surface area contributed by atoms with E-state index in [0.29, 0.717) is 28.5 Å². The molecule has 0 aromatic heterocycles. The Morgan fingerprint density at radius 2 is 1.50 bits per heavy atom. The van der Waals surface area contributed by atoms with Gasteiger partial charge in [0.1, 0.15) is 6.54 Å². The van der Waals surface area contributed by atoms with Gasteiger partial charge in [-0.2, -0.15) is 0 Å². The topological polar surface area (TPSA) is 94.2 Å². The molecule has 0 aliphatic carbocycles. The highest BCUT2D eigenvalue weighted by Gasteiger charge is 2.27. The molecule has 0 atom stereocenters. The fraction of sp³-hybridized carbons (Fsp3) is 0.208. The Labute approximate surface area is 213 Å². The monoisotopic (exact) mass is 596 g/mol. The first-order chi connectivity index (χ1) is 16.3. The van der Waals surface area contributed by atoms with Gasteiger partial charge in [-0.15, -0.1) is 0 Å². The number of sulfonamides is 1. The Morgan fingerprint density at radius 3 is 2.03 bits per heavy atom. The van der Waals surface area contributed by atoms with E-state index in [4.69, 9.17) is 14.2 Å². The van der Waals surface area contributed by atoms with Crippen LogP contribution in [0.25, 0.3) is 0 Å². The van der Waals surface area contributed by atoms with Crippen molar-refractivity contribution in [2.24, 2.45) is 0 Å². The molecule has 0 radical (unpaired) electrons. The normalized spacial score (nSPS) is 10.9. The van der Waals surface area contributed by atoms with E-state index >= 15 is 0 Å². The van der Waals surface area contributed by atoms with Crippen LogP contribution in [0.4, 0.5) is 5.69 Å². The van der Waals surface area contributed by atoms with E-state index in [9.17, 15) is 13.2 Å². The number of halogens is 1. The van der Waals surface area contributed by atoms with Crippen molar-refractivity contribution in [1.82, 2.24) is 5.32 Å². The van der Waals surface area contributed by atoms with E-state index in [2.05, 4.69) is 27.9 Å². The number of nitrogens with zero attached hydrogens (tertiary/aromatic N) is 1. The van der Waals surface area contributed by atoms with Gasteiger partial charge in [0.15, 0.2) is 11.5 Å². The zero-order valence-electron chi connectivity index (χ0n) is 18.9. The number of hydrogen-bond donors (Lipinski definition) is 1. The van der Waals surface area contributed by atoms with Crippen LogP contribution >= 0.6 is 22.6 Å². The smallest absolute Gasteiger partial charge is 0.264 e. The number of methoxy groups -OCH3 is 3. The second-order valence-corrected chi connectivity index (χ2v) is 10.2. The van der Waals surface area contributed by atoms with Crippen molar-refractivity contribution in [2.45, 2.75) is 11.4 Å². The van der Waals surface area contributed by atoms with Crippen molar-refractivity contribution in [1.29, 1.82) is 0 Å². The lowest BCUT2D eigenvalue weighted by Gasteiger charge is -2.24. The van der Waals surface area contributed by atoms with Crippen LogP contribution in [-0.2, 0) is 21.4 Å². The number of nitrogens with one attached hydrogen (secondary N) is 1. The molecule has 0 fully saturated rings. The third kappa shape index (κ3) is 5.92. The van der Waals surface area contributed by atoms with Crippen molar-refractivity contribution in [3.05, 3.63) is 75.9 Å². The van der Waals surface area contributed by atoms with Gasteiger partial charge in [-0.1, -0.05) is 18.2 Å². The molecule has 10 heteroatoms. The average Bonchev–Trinajstić information content (AvgIpc) is 2.86. The van der Waals surface area contributed by atoms with E-state index in [1.807, 2.05) is 0 Å². The third-order valence-electron chi connectivity index (χ3n) is 4.95. The number of carbonyl (C=O) groups excluding carboxylic acids is 1. The Kier molecular flexibility index (Phi) is 8.61. The highest BCUT2D eigenvalue weighted by molar-refractivity contribution is 14.1. The number of carbonyl (C=O) groups is 1. The zero-order chi connectivity index (χ0) is 24.7. The fourth-order valence-electron chi connectivity index (χ4n) is 3.27. The Hall–Kier alpha value is -2.99. The summed E-state index contributed by atoms with van der Waals surface area (Å²) in [5.41, 5.74) is 1.10. The Bertz CT molecular complexity index is 1210. The minimum Gasteiger partial charge on any atom is -0.493 e. The number of amides is 1. The maximum absolute atomic E-state index is 13.4. The summed E-state index contributed by atoms with van der Waals surface area (Å²) in [4.78, 5) is 13.0. The second-order valence-electron chi connectivity index (χ2n) is 7.11. The van der Waals surface area contributed by atoms with Crippen molar-refractivity contribution < 1.29 is 27.4 Å². The van der Waals surface area contributed by atoms with Gasteiger partial charge in [0.2, 0.25) is 11.7 Å². The van der Waals surface area contributed by atoms with E-state index in [1.165, 1.54) is 33.5 Å². The quantitative estimate of drug-likeness (QED) is 0.358. The van der Waals surface area contributed by atoms with Gasteiger partial charge in [-0.3, -0.25) is 9.10 Å². The van der Waals surface area contributed by atoms with Gasteiger partial charge in [-0.25, -0.2) is 8.42 Å². The molecule has 3 aromatic rings. The molecule has 1 amide bonds. The Balaban J connectivity index is 1.84. The summed E-state index contributed by atoms with van der Waals surface area (Å²) >= 11 is 2.14. The van der Waals surface area contributed by atoms with Crippen molar-refractivity contribution in [2.75, 3.05) is 32.2 Å². The van der Waals surface area contributed by atoms with Crippen LogP contribution < -0.4 is 23.8 Å². The first-order valence-corrected chi connectivity index (χ1v) is 12.7. The van der Waals surface area contributed by atoms with Crippen LogP contribution in [0.3, 0.4) is 0 Å². The van der Waals surface area contributed by atoms with E-state index in [0.717, 1.165) is 7.88 Å². The third-order valence-corrected chi connectivity index (χ3v) is 7.45. The maximum Gasteiger partial charge on any atom is 0.264 e. The van der Waals surface area contributed by atoms with Gasteiger partial charge < -0.3 is 19.5 Å². The predicted molar refractivity (Wildman–Crippen MR) is 138 cm³/mol. The van der Waals surface area contributed by atoms with Crippen molar-refractivity contribution in [3.63, 3.8) is 0 Å². The molecule has 0 saturated carbocycles. The molecule has 0 saturated heterocycles. The largest absolute Gasteiger partial charge is 0.493 e. The number of ether oxygens (including phenoxy) is 3. The summed E-state index contributed by atoms with van der Waals surface area (Å²) in [7, 11) is 0.560. The molecule has 0 heterocycles. The average molecular weight is 596 g/mol. The van der Waals surface area contributed by atoms with Crippen molar-refractivity contribution in [3.8, 4) is 17.2 Å². The minimum atomic E-state index is -3.96. The van der Waals surface area contributed by atoms with Gasteiger partial charge >= 0.3 is 0 Å². The molecule has 0 bridgehead atoms. The summed E-state index contributed by atoms with van der Waals surface area (Å²) in [6.45, 7) is -0.246. The second kappa shape index (κ2) is 11.4. The molecular weight excluding hydrogens is 571 g/mol. The van der Waals surface area contributed by atoms with Gasteiger partial charge in [0.05, 0.1) is 31.9 Å². The van der Waals surface area contributed by atoms with E-state index < -0.39 is 15.9 Å². The van der Waals surface area contributed by atoms with Gasteiger partial charge in [0.25, 0.3) is 10.0 Å². The lowest BCUT2D eigenvalue weighted by molar-refractivity contribution is -0.119. The first kappa shape index (κ1) is 25.6. The van der Waals surface area contributed by atoms with Crippen molar-refractivity contribution >= 4 is 44.2 Å². The van der Waals surface area contributed by atoms with Crippen LogP contribution in [-0.4, -0.2) is 42.2 Å². The lowest BCUT2D eigenvalue weighted by Crippen LogP contribution is -2.40. The van der Waals surface area contributed by atoms with Crippen LogP contribution in [0.1, 0.15) is 5.56 Å². The van der Waals surface area contributed by atoms with Crippen LogP contribution in [0, 0.1) is 3.57 Å². The van der Waals surface area contributed by atoms with Gasteiger partial charge in [0, 0.05) is 10.1 Å². The maximum atomic E-state index is 13.4. The number of hydrogen-bond acceptors (Lipinski definition) is 6. The molecule has 0 aliphatic heterocycles. The summed E-state index contributed by atoms with van der Waals surface area (Å²) in [6.07, 6.45) is 0. The molecule has 0 spiro atoms. The molecule has 0 aliphatic rings. The van der Waals surface area contributed by atoms with Gasteiger partial charge in [-0.05, 0) is 76.7 Å². The zero-order valence-corrected chi connectivity index (χ0v) is 21.9. The van der Waals surface area contributed by atoms with Crippen LogP contribution in [0.2, 0.25) is 0 Å². The molecule has 0 unspecified atom stereocenters. The molecule has 3 rings (SSSR count). The summed E-state index contributed by atoms with van der Waals surface area (Å²) in [5.74, 6) is 0.891.